The van der Waals surface area contributed by atoms with Crippen molar-refractivity contribution >= 4 is 0 Å². The third kappa shape index (κ3) is 7.81. The molecule has 0 aromatic heterocycles. The number of hydrogen-bond donors (Lipinski definition) is 0. The lowest BCUT2D eigenvalue weighted by atomic mass is 9.78. The SMILES string of the molecule is CC(C)CC(C)CC(CN(C)C)C(C)C(C)C. The van der Waals surface area contributed by atoms with E-state index in [1.165, 1.54) is 19.4 Å². The second kappa shape index (κ2) is 8.13. The van der Waals surface area contributed by atoms with Gasteiger partial charge in [-0.3, -0.25) is 0 Å². The monoisotopic (exact) mass is 241 g/mol. The lowest BCUT2D eigenvalue weighted by molar-refractivity contribution is 0.177. The average molecular weight is 241 g/mol. The zero-order chi connectivity index (χ0) is 13.6. The van der Waals surface area contributed by atoms with E-state index in [0.29, 0.717) is 0 Å². The first-order chi connectivity index (χ1) is 7.73. The summed E-state index contributed by atoms with van der Waals surface area (Å²) in [6.45, 7) is 15.5. The van der Waals surface area contributed by atoms with Gasteiger partial charge in [-0.05, 0) is 56.5 Å². The Bertz CT molecular complexity index is 184. The maximum absolute atomic E-state index is 2.43. The topological polar surface area (TPSA) is 3.24 Å². The summed E-state index contributed by atoms with van der Waals surface area (Å²) in [7, 11) is 4.40. The molecule has 0 fully saturated rings. The third-order valence-corrected chi connectivity index (χ3v) is 3.97. The van der Waals surface area contributed by atoms with Crippen LogP contribution in [-0.4, -0.2) is 25.5 Å². The van der Waals surface area contributed by atoms with Gasteiger partial charge in [0.25, 0.3) is 0 Å². The van der Waals surface area contributed by atoms with Gasteiger partial charge in [-0.25, -0.2) is 0 Å². The molecule has 0 amide bonds. The lowest BCUT2D eigenvalue weighted by Crippen LogP contribution is -2.30. The van der Waals surface area contributed by atoms with E-state index in [-0.39, 0.29) is 0 Å². The third-order valence-electron chi connectivity index (χ3n) is 3.97. The molecule has 0 bridgehead atoms. The van der Waals surface area contributed by atoms with Gasteiger partial charge in [-0.2, -0.15) is 0 Å². The molecule has 0 aliphatic heterocycles. The summed E-state index contributed by atoms with van der Waals surface area (Å²) in [5.41, 5.74) is 0. The van der Waals surface area contributed by atoms with Crippen molar-refractivity contribution in [2.45, 2.75) is 54.4 Å². The number of hydrogen-bond acceptors (Lipinski definition) is 1. The maximum atomic E-state index is 2.43. The minimum atomic E-state index is 0.797. The van der Waals surface area contributed by atoms with Crippen molar-refractivity contribution < 1.29 is 0 Å². The van der Waals surface area contributed by atoms with E-state index in [1.54, 1.807) is 0 Å². The Morgan fingerprint density at radius 3 is 1.71 bits per heavy atom. The number of nitrogens with zero attached hydrogens (tertiary/aromatic N) is 1. The van der Waals surface area contributed by atoms with Gasteiger partial charge in [-0.1, -0.05) is 41.5 Å². The summed E-state index contributed by atoms with van der Waals surface area (Å²) in [5.74, 6) is 4.16. The molecule has 0 radical (unpaired) electrons. The van der Waals surface area contributed by atoms with Crippen LogP contribution in [0.15, 0.2) is 0 Å². The second-order valence-electron chi connectivity index (χ2n) is 7.10. The first-order valence-corrected chi connectivity index (χ1v) is 7.38. The van der Waals surface area contributed by atoms with Crippen molar-refractivity contribution in [1.82, 2.24) is 4.90 Å². The molecule has 0 spiro atoms. The molecule has 3 unspecified atom stereocenters. The van der Waals surface area contributed by atoms with Crippen LogP contribution < -0.4 is 0 Å². The molecule has 3 atom stereocenters. The summed E-state index contributed by atoms with van der Waals surface area (Å²) in [6, 6.07) is 0. The molecule has 0 aliphatic rings. The summed E-state index contributed by atoms with van der Waals surface area (Å²) in [6.07, 6.45) is 2.75. The Morgan fingerprint density at radius 2 is 1.35 bits per heavy atom. The molecule has 0 heterocycles. The van der Waals surface area contributed by atoms with E-state index in [9.17, 15) is 0 Å². The van der Waals surface area contributed by atoms with E-state index in [0.717, 1.165) is 29.6 Å². The highest BCUT2D eigenvalue weighted by Crippen LogP contribution is 2.29. The molecule has 0 aliphatic carbocycles. The summed E-state index contributed by atoms with van der Waals surface area (Å²) in [4.78, 5) is 2.35. The second-order valence-corrected chi connectivity index (χ2v) is 7.10. The van der Waals surface area contributed by atoms with Crippen molar-refractivity contribution in [3.8, 4) is 0 Å². The van der Waals surface area contributed by atoms with E-state index < -0.39 is 0 Å². The van der Waals surface area contributed by atoms with Crippen molar-refractivity contribution in [3.63, 3.8) is 0 Å². The minimum Gasteiger partial charge on any atom is -0.309 e. The van der Waals surface area contributed by atoms with Gasteiger partial charge in [-0.15, -0.1) is 0 Å². The molecular weight excluding hydrogens is 206 g/mol. The smallest absolute Gasteiger partial charge is 0.000630 e. The zero-order valence-electron chi connectivity index (χ0n) is 13.5. The van der Waals surface area contributed by atoms with Gasteiger partial charge in [0.2, 0.25) is 0 Å². The normalized spacial score (nSPS) is 17.8. The fraction of sp³-hybridized carbons (Fsp3) is 1.00. The molecule has 104 valence electrons. The van der Waals surface area contributed by atoms with Gasteiger partial charge in [0, 0.05) is 6.54 Å². The Hall–Kier alpha value is -0.0400. The van der Waals surface area contributed by atoms with Gasteiger partial charge in [0.15, 0.2) is 0 Å². The van der Waals surface area contributed by atoms with Crippen LogP contribution in [0.4, 0.5) is 0 Å². The molecule has 0 saturated heterocycles. The highest BCUT2D eigenvalue weighted by Gasteiger charge is 2.23. The molecule has 17 heavy (non-hydrogen) atoms. The Labute approximate surface area is 110 Å². The molecule has 0 N–H and O–H groups in total. The largest absolute Gasteiger partial charge is 0.309 e. The Kier molecular flexibility index (Phi) is 8.11. The van der Waals surface area contributed by atoms with Crippen LogP contribution >= 0.6 is 0 Å². The van der Waals surface area contributed by atoms with Crippen molar-refractivity contribution in [3.05, 3.63) is 0 Å². The van der Waals surface area contributed by atoms with Crippen LogP contribution in [-0.2, 0) is 0 Å². The van der Waals surface area contributed by atoms with Crippen molar-refractivity contribution in [1.29, 1.82) is 0 Å². The quantitative estimate of drug-likeness (QED) is 0.603. The molecule has 0 aromatic carbocycles. The highest BCUT2D eigenvalue weighted by molar-refractivity contribution is 4.74. The molecule has 0 saturated carbocycles. The van der Waals surface area contributed by atoms with E-state index in [2.05, 4.69) is 60.5 Å². The highest BCUT2D eigenvalue weighted by atomic mass is 15.1. The van der Waals surface area contributed by atoms with Crippen LogP contribution in [0, 0.1) is 29.6 Å². The fourth-order valence-electron chi connectivity index (χ4n) is 2.89. The lowest BCUT2D eigenvalue weighted by Gasteiger charge is -2.32. The Morgan fingerprint density at radius 1 is 0.824 bits per heavy atom. The van der Waals surface area contributed by atoms with Crippen molar-refractivity contribution in [2.75, 3.05) is 20.6 Å². The summed E-state index contributed by atoms with van der Waals surface area (Å²) in [5, 5.41) is 0. The summed E-state index contributed by atoms with van der Waals surface area (Å²) >= 11 is 0. The summed E-state index contributed by atoms with van der Waals surface area (Å²) < 4.78 is 0. The predicted octanol–water partition coefficient (Wildman–Crippen LogP) is 4.53. The van der Waals surface area contributed by atoms with Gasteiger partial charge >= 0.3 is 0 Å². The predicted molar refractivity (Wildman–Crippen MR) is 79.3 cm³/mol. The van der Waals surface area contributed by atoms with Crippen LogP contribution in [0.1, 0.15) is 54.4 Å². The van der Waals surface area contributed by atoms with Gasteiger partial charge < -0.3 is 4.90 Å². The van der Waals surface area contributed by atoms with Crippen LogP contribution in [0.2, 0.25) is 0 Å². The standard InChI is InChI=1S/C16H35N/c1-12(2)9-14(5)10-16(11-17(7)8)15(6)13(3)4/h12-16H,9-11H2,1-8H3. The van der Waals surface area contributed by atoms with E-state index in [1.807, 2.05) is 0 Å². The van der Waals surface area contributed by atoms with Crippen molar-refractivity contribution in [2.24, 2.45) is 29.6 Å². The molecule has 0 rings (SSSR count). The molecule has 0 aromatic rings. The fourth-order valence-corrected chi connectivity index (χ4v) is 2.89. The number of rotatable bonds is 8. The maximum Gasteiger partial charge on any atom is 0.000630 e. The molecule has 1 nitrogen and oxygen atoms in total. The first-order valence-electron chi connectivity index (χ1n) is 7.38. The zero-order valence-corrected chi connectivity index (χ0v) is 13.5. The van der Waals surface area contributed by atoms with E-state index >= 15 is 0 Å². The average Bonchev–Trinajstić information content (AvgIpc) is 2.13. The van der Waals surface area contributed by atoms with Crippen LogP contribution in [0.25, 0.3) is 0 Å². The molecular formula is C16H35N. The van der Waals surface area contributed by atoms with Gasteiger partial charge in [0.05, 0.1) is 0 Å². The first kappa shape index (κ1) is 17.0. The van der Waals surface area contributed by atoms with Crippen LogP contribution in [0.3, 0.4) is 0 Å². The van der Waals surface area contributed by atoms with E-state index in [4.69, 9.17) is 0 Å². The molecule has 1 heteroatoms. The minimum absolute atomic E-state index is 0.797. The Balaban J connectivity index is 4.37. The van der Waals surface area contributed by atoms with Crippen LogP contribution in [0.5, 0.6) is 0 Å². The van der Waals surface area contributed by atoms with Gasteiger partial charge in [0.1, 0.15) is 0 Å².